The smallest absolute Gasteiger partial charge is 0.251 e. The van der Waals surface area contributed by atoms with E-state index in [1.807, 2.05) is 0 Å². The van der Waals surface area contributed by atoms with E-state index in [0.717, 1.165) is 0 Å². The topological polar surface area (TPSA) is 90.9 Å². The van der Waals surface area contributed by atoms with Crippen LogP contribution < -0.4 is 5.32 Å². The third-order valence-corrected chi connectivity index (χ3v) is 2.32. The van der Waals surface area contributed by atoms with Gasteiger partial charge in [-0.05, 0) is 31.2 Å². The molecule has 1 heterocycles. The van der Waals surface area contributed by atoms with Crippen molar-refractivity contribution in [3.63, 3.8) is 0 Å². The van der Waals surface area contributed by atoms with Crippen LogP contribution in [0, 0.1) is 0 Å². The minimum absolute atomic E-state index is 0.129. The van der Waals surface area contributed by atoms with Crippen molar-refractivity contribution in [1.82, 2.24) is 20.5 Å². The molecule has 17 heavy (non-hydrogen) atoms. The number of amides is 1. The first-order valence-electron chi connectivity index (χ1n) is 5.12. The van der Waals surface area contributed by atoms with Gasteiger partial charge in [0.2, 0.25) is 0 Å². The number of aromatic hydroxyl groups is 1. The van der Waals surface area contributed by atoms with E-state index in [4.69, 9.17) is 5.11 Å². The van der Waals surface area contributed by atoms with E-state index in [-0.39, 0.29) is 17.7 Å². The predicted molar refractivity (Wildman–Crippen MR) is 60.4 cm³/mol. The lowest BCUT2D eigenvalue weighted by Crippen LogP contribution is -2.27. The van der Waals surface area contributed by atoms with Crippen molar-refractivity contribution >= 4 is 5.91 Å². The first-order valence-corrected chi connectivity index (χ1v) is 5.12. The lowest BCUT2D eigenvalue weighted by atomic mass is 10.2. The van der Waals surface area contributed by atoms with Crippen molar-refractivity contribution in [2.75, 3.05) is 0 Å². The molecule has 0 spiro atoms. The van der Waals surface area contributed by atoms with E-state index in [9.17, 15) is 4.79 Å². The Morgan fingerprint density at radius 2 is 2.12 bits per heavy atom. The minimum Gasteiger partial charge on any atom is -0.508 e. The van der Waals surface area contributed by atoms with Crippen molar-refractivity contribution < 1.29 is 9.90 Å². The Kier molecular flexibility index (Phi) is 3.04. The zero-order chi connectivity index (χ0) is 12.3. The van der Waals surface area contributed by atoms with Crippen LogP contribution in [-0.4, -0.2) is 26.2 Å². The van der Waals surface area contributed by atoms with Crippen LogP contribution in [0.5, 0.6) is 5.75 Å². The quantitative estimate of drug-likeness (QED) is 0.736. The average molecular weight is 232 g/mol. The fraction of sp³-hybridized carbons (Fsp3) is 0.182. The summed E-state index contributed by atoms with van der Waals surface area (Å²) in [5.41, 5.74) is 0.481. The van der Waals surface area contributed by atoms with Gasteiger partial charge in [-0.15, -0.1) is 0 Å². The van der Waals surface area contributed by atoms with Crippen LogP contribution in [-0.2, 0) is 0 Å². The van der Waals surface area contributed by atoms with Crippen LogP contribution in [0.2, 0.25) is 0 Å². The molecule has 0 radical (unpaired) electrons. The van der Waals surface area contributed by atoms with Gasteiger partial charge in [0.15, 0.2) is 0 Å². The molecule has 0 aliphatic carbocycles. The van der Waals surface area contributed by atoms with Crippen LogP contribution in [0.3, 0.4) is 0 Å². The molecule has 0 fully saturated rings. The summed E-state index contributed by atoms with van der Waals surface area (Å²) < 4.78 is 0. The zero-order valence-corrected chi connectivity index (χ0v) is 9.21. The van der Waals surface area contributed by atoms with Crippen molar-refractivity contribution in [1.29, 1.82) is 0 Å². The van der Waals surface area contributed by atoms with Crippen LogP contribution in [0.1, 0.15) is 29.1 Å². The number of carbonyl (C=O) groups is 1. The molecule has 3 N–H and O–H groups in total. The number of aromatic amines is 1. The second-order valence-electron chi connectivity index (χ2n) is 3.61. The van der Waals surface area contributed by atoms with Crippen LogP contribution in [0.15, 0.2) is 30.6 Å². The summed E-state index contributed by atoms with van der Waals surface area (Å²) in [7, 11) is 0. The second-order valence-corrected chi connectivity index (χ2v) is 3.61. The highest BCUT2D eigenvalue weighted by Crippen LogP contribution is 2.11. The number of hydrogen-bond donors (Lipinski definition) is 3. The summed E-state index contributed by atoms with van der Waals surface area (Å²) >= 11 is 0. The Balaban J connectivity index is 2.04. The number of nitrogens with one attached hydrogen (secondary N) is 2. The fourth-order valence-electron chi connectivity index (χ4n) is 1.38. The lowest BCUT2D eigenvalue weighted by molar-refractivity contribution is 0.0938. The highest BCUT2D eigenvalue weighted by Gasteiger charge is 2.13. The molecule has 88 valence electrons. The number of nitrogens with zero attached hydrogens (tertiary/aromatic N) is 2. The molecule has 1 aromatic carbocycles. The van der Waals surface area contributed by atoms with Crippen molar-refractivity contribution in [3.8, 4) is 5.75 Å². The van der Waals surface area contributed by atoms with Gasteiger partial charge in [0.25, 0.3) is 5.91 Å². The molecule has 6 nitrogen and oxygen atoms in total. The van der Waals surface area contributed by atoms with E-state index < -0.39 is 0 Å². The first-order chi connectivity index (χ1) is 8.16. The van der Waals surface area contributed by atoms with Gasteiger partial charge >= 0.3 is 0 Å². The normalized spacial score (nSPS) is 12.1. The molecule has 2 aromatic rings. The van der Waals surface area contributed by atoms with Gasteiger partial charge in [-0.2, -0.15) is 5.10 Å². The number of carbonyl (C=O) groups excluding carboxylic acids is 1. The lowest BCUT2D eigenvalue weighted by Gasteiger charge is -2.10. The number of benzene rings is 1. The van der Waals surface area contributed by atoms with Gasteiger partial charge in [0, 0.05) is 5.56 Å². The number of phenols is 1. The number of hydrogen-bond acceptors (Lipinski definition) is 4. The van der Waals surface area contributed by atoms with Crippen molar-refractivity contribution in [3.05, 3.63) is 42.0 Å². The fourth-order valence-corrected chi connectivity index (χ4v) is 1.38. The Morgan fingerprint density at radius 3 is 2.71 bits per heavy atom. The molecule has 0 aliphatic heterocycles. The Labute approximate surface area is 97.7 Å². The minimum atomic E-state index is -0.251. The average Bonchev–Trinajstić information content (AvgIpc) is 2.83. The van der Waals surface area contributed by atoms with Crippen molar-refractivity contribution in [2.24, 2.45) is 0 Å². The first kappa shape index (κ1) is 11.1. The van der Waals surface area contributed by atoms with E-state index in [0.29, 0.717) is 11.4 Å². The van der Waals surface area contributed by atoms with E-state index in [2.05, 4.69) is 20.5 Å². The van der Waals surface area contributed by atoms with Crippen LogP contribution in [0.4, 0.5) is 0 Å². The number of phenolic OH excluding ortho intramolecular Hbond substituents is 1. The van der Waals surface area contributed by atoms with Gasteiger partial charge in [0.05, 0.1) is 6.04 Å². The molecular weight excluding hydrogens is 220 g/mol. The molecule has 0 aliphatic rings. The maximum absolute atomic E-state index is 11.8. The van der Waals surface area contributed by atoms with Crippen LogP contribution >= 0.6 is 0 Å². The molecule has 0 saturated carbocycles. The largest absolute Gasteiger partial charge is 0.508 e. The maximum atomic E-state index is 11.8. The van der Waals surface area contributed by atoms with E-state index in [1.54, 1.807) is 19.1 Å². The number of rotatable bonds is 3. The molecule has 0 saturated heterocycles. The van der Waals surface area contributed by atoms with Crippen LogP contribution in [0.25, 0.3) is 0 Å². The summed E-state index contributed by atoms with van der Waals surface area (Å²) in [6.07, 6.45) is 1.39. The highest BCUT2D eigenvalue weighted by atomic mass is 16.3. The maximum Gasteiger partial charge on any atom is 0.251 e. The molecule has 1 aromatic heterocycles. The Hall–Kier alpha value is -2.37. The summed E-state index contributed by atoms with van der Waals surface area (Å²) in [6.45, 7) is 1.80. The second kappa shape index (κ2) is 4.65. The summed E-state index contributed by atoms with van der Waals surface area (Å²) in [5, 5.41) is 18.3. The van der Waals surface area contributed by atoms with Gasteiger partial charge < -0.3 is 10.4 Å². The third-order valence-electron chi connectivity index (χ3n) is 2.32. The summed E-state index contributed by atoms with van der Waals surface area (Å²) in [4.78, 5) is 15.8. The molecule has 6 heteroatoms. The zero-order valence-electron chi connectivity index (χ0n) is 9.21. The van der Waals surface area contributed by atoms with Gasteiger partial charge in [0.1, 0.15) is 17.9 Å². The molecule has 1 unspecified atom stereocenters. The van der Waals surface area contributed by atoms with Gasteiger partial charge in [-0.25, -0.2) is 4.98 Å². The molecule has 1 amide bonds. The predicted octanol–water partition coefficient (Wildman–Crippen LogP) is 1.00. The molecular formula is C11H12N4O2. The standard InChI is InChI=1S/C11H12N4O2/c1-7(10-12-6-13-15-10)14-11(17)8-2-4-9(16)5-3-8/h2-7,16H,1H3,(H,14,17)(H,12,13,15). The van der Waals surface area contributed by atoms with Crippen molar-refractivity contribution in [2.45, 2.75) is 13.0 Å². The van der Waals surface area contributed by atoms with E-state index >= 15 is 0 Å². The number of aromatic nitrogens is 3. The van der Waals surface area contributed by atoms with Gasteiger partial charge in [-0.3, -0.25) is 9.89 Å². The highest BCUT2D eigenvalue weighted by molar-refractivity contribution is 5.94. The molecule has 1 atom stereocenters. The number of H-pyrrole nitrogens is 1. The Morgan fingerprint density at radius 1 is 1.41 bits per heavy atom. The Bertz CT molecular complexity index is 493. The summed E-state index contributed by atoms with van der Waals surface area (Å²) in [5.74, 6) is 0.496. The third kappa shape index (κ3) is 2.60. The molecule has 2 rings (SSSR count). The summed E-state index contributed by atoms with van der Waals surface area (Å²) in [6, 6.07) is 5.79. The monoisotopic (exact) mass is 232 g/mol. The SMILES string of the molecule is CC(NC(=O)c1ccc(O)cc1)c1ncn[nH]1. The van der Waals surface area contributed by atoms with Gasteiger partial charge in [-0.1, -0.05) is 0 Å². The van der Waals surface area contributed by atoms with E-state index in [1.165, 1.54) is 18.5 Å². The molecule has 0 bridgehead atoms.